The van der Waals surface area contributed by atoms with Gasteiger partial charge in [-0.2, -0.15) is 0 Å². The highest BCUT2D eigenvalue weighted by molar-refractivity contribution is 5.99. The molecule has 1 aromatic rings. The van der Waals surface area contributed by atoms with Gasteiger partial charge in [-0.15, -0.1) is 0 Å². The van der Waals surface area contributed by atoms with Gasteiger partial charge in [-0.05, 0) is 45.3 Å². The van der Waals surface area contributed by atoms with E-state index >= 15 is 0 Å². The molecule has 0 radical (unpaired) electrons. The molecule has 1 unspecified atom stereocenters. The number of carbonyl (C=O) groups is 2. The lowest BCUT2D eigenvalue weighted by atomic mass is 9.80. The predicted molar refractivity (Wildman–Crippen MR) is 120 cm³/mol. The van der Waals surface area contributed by atoms with E-state index in [9.17, 15) is 19.7 Å². The summed E-state index contributed by atoms with van der Waals surface area (Å²) in [6, 6.07) is 5.90. The maximum atomic E-state index is 13.1. The summed E-state index contributed by atoms with van der Waals surface area (Å²) in [7, 11) is 1.25. The Kier molecular flexibility index (Phi) is 9.39. The quantitative estimate of drug-likeness (QED) is 0.230. The van der Waals surface area contributed by atoms with E-state index in [1.165, 1.54) is 25.3 Å². The van der Waals surface area contributed by atoms with Crippen LogP contribution in [0.5, 0.6) is 0 Å². The molecule has 0 bridgehead atoms. The third-order valence-electron chi connectivity index (χ3n) is 5.24. The molecule has 0 spiro atoms. The topological polar surface area (TPSA) is 120 Å². The Morgan fingerprint density at radius 1 is 1.12 bits per heavy atom. The number of nitrogens with zero attached hydrogens (tertiary/aromatic N) is 1. The number of rotatable bonds is 11. The Morgan fingerprint density at radius 3 is 2.41 bits per heavy atom. The SMILES string of the molecule is CCCCNCCCOC(=O)C1=C(C)NC(C)=C(C(=O)OC)C1c1cccc([N+](=O)[O-])c1. The fraction of sp³-hybridized carbons (Fsp3) is 0.478. The number of nitro groups is 1. The molecule has 0 saturated carbocycles. The van der Waals surface area contributed by atoms with Crippen molar-refractivity contribution in [3.05, 3.63) is 62.5 Å². The van der Waals surface area contributed by atoms with E-state index < -0.39 is 22.8 Å². The Labute approximate surface area is 188 Å². The molecule has 9 nitrogen and oxygen atoms in total. The van der Waals surface area contributed by atoms with Crippen LogP contribution in [0.25, 0.3) is 0 Å². The van der Waals surface area contributed by atoms with E-state index in [1.807, 2.05) is 0 Å². The number of esters is 2. The van der Waals surface area contributed by atoms with Crippen LogP contribution in [0, 0.1) is 10.1 Å². The summed E-state index contributed by atoms with van der Waals surface area (Å²) in [4.78, 5) is 36.4. The van der Waals surface area contributed by atoms with Crippen LogP contribution >= 0.6 is 0 Å². The summed E-state index contributed by atoms with van der Waals surface area (Å²) >= 11 is 0. The molecule has 1 aliphatic heterocycles. The fourth-order valence-electron chi connectivity index (χ4n) is 3.66. The Hall–Kier alpha value is -3.20. The summed E-state index contributed by atoms with van der Waals surface area (Å²) in [6.07, 6.45) is 2.84. The van der Waals surface area contributed by atoms with Gasteiger partial charge in [-0.1, -0.05) is 25.5 Å². The second kappa shape index (κ2) is 12.0. The second-order valence-electron chi connectivity index (χ2n) is 7.57. The number of hydrogen-bond donors (Lipinski definition) is 2. The zero-order valence-electron chi connectivity index (χ0n) is 19.0. The van der Waals surface area contributed by atoms with E-state index in [1.54, 1.807) is 19.9 Å². The van der Waals surface area contributed by atoms with Crippen molar-refractivity contribution in [1.29, 1.82) is 0 Å². The highest BCUT2D eigenvalue weighted by Gasteiger charge is 2.38. The number of carbonyl (C=O) groups excluding carboxylic acids is 2. The predicted octanol–water partition coefficient (Wildman–Crippen LogP) is 3.33. The molecule has 1 heterocycles. The van der Waals surface area contributed by atoms with Crippen LogP contribution in [0.1, 0.15) is 51.5 Å². The van der Waals surface area contributed by atoms with Gasteiger partial charge in [0.25, 0.3) is 5.69 Å². The highest BCUT2D eigenvalue weighted by Crippen LogP contribution is 2.40. The normalized spacial score (nSPS) is 15.9. The van der Waals surface area contributed by atoms with Crippen molar-refractivity contribution in [2.75, 3.05) is 26.8 Å². The molecular weight excluding hydrogens is 414 g/mol. The average Bonchev–Trinajstić information content (AvgIpc) is 2.77. The van der Waals surface area contributed by atoms with Crippen molar-refractivity contribution in [3.8, 4) is 0 Å². The molecule has 0 amide bonds. The van der Waals surface area contributed by atoms with Gasteiger partial charge in [0.05, 0.1) is 35.7 Å². The molecule has 1 aliphatic rings. The average molecular weight is 446 g/mol. The number of allylic oxidation sites excluding steroid dienone is 2. The van der Waals surface area contributed by atoms with Gasteiger partial charge in [0.1, 0.15) is 0 Å². The number of hydrogen-bond acceptors (Lipinski definition) is 8. The number of nitro benzene ring substituents is 1. The number of benzene rings is 1. The number of non-ortho nitro benzene ring substituents is 1. The summed E-state index contributed by atoms with van der Waals surface area (Å²) in [5.41, 5.74) is 1.79. The first-order valence-corrected chi connectivity index (χ1v) is 10.7. The minimum atomic E-state index is -0.848. The minimum absolute atomic E-state index is 0.133. The van der Waals surface area contributed by atoms with Crippen molar-refractivity contribution in [2.45, 2.75) is 46.0 Å². The maximum Gasteiger partial charge on any atom is 0.336 e. The molecule has 9 heteroatoms. The number of unbranched alkanes of at least 4 members (excludes halogenated alkanes) is 1. The van der Waals surface area contributed by atoms with Gasteiger partial charge in [-0.25, -0.2) is 9.59 Å². The lowest BCUT2D eigenvalue weighted by Crippen LogP contribution is -2.32. The molecule has 174 valence electrons. The molecule has 2 N–H and O–H groups in total. The van der Waals surface area contributed by atoms with Crippen LogP contribution in [0.2, 0.25) is 0 Å². The molecule has 1 aromatic carbocycles. The van der Waals surface area contributed by atoms with Crippen LogP contribution in [-0.2, 0) is 19.1 Å². The van der Waals surface area contributed by atoms with Gasteiger partial charge in [0.15, 0.2) is 0 Å². The standard InChI is InChI=1S/C23H31N3O6/c1-5-6-11-24-12-8-13-32-23(28)20-16(3)25-15(2)19(22(27)31-4)21(20)17-9-7-10-18(14-17)26(29)30/h7,9-10,14,21,24-25H,5-6,8,11-13H2,1-4H3. The molecule has 0 fully saturated rings. The first kappa shape index (κ1) is 25.1. The zero-order valence-corrected chi connectivity index (χ0v) is 19.0. The van der Waals surface area contributed by atoms with Gasteiger partial charge in [-0.3, -0.25) is 10.1 Å². The molecule has 0 aliphatic carbocycles. The summed E-state index contributed by atoms with van der Waals surface area (Å²) in [5.74, 6) is -2.04. The van der Waals surface area contributed by atoms with Crippen LogP contribution in [-0.4, -0.2) is 43.7 Å². The molecule has 32 heavy (non-hydrogen) atoms. The van der Waals surface area contributed by atoms with Crippen molar-refractivity contribution < 1.29 is 24.0 Å². The van der Waals surface area contributed by atoms with Gasteiger partial charge >= 0.3 is 11.9 Å². The molecular formula is C23H31N3O6. The Morgan fingerprint density at radius 2 is 1.78 bits per heavy atom. The number of dihydropyridines is 1. The van der Waals surface area contributed by atoms with Crippen LogP contribution < -0.4 is 10.6 Å². The third kappa shape index (κ3) is 6.16. The van der Waals surface area contributed by atoms with E-state index in [0.717, 1.165) is 25.9 Å². The third-order valence-corrected chi connectivity index (χ3v) is 5.24. The van der Waals surface area contributed by atoms with Crippen LogP contribution in [0.15, 0.2) is 46.8 Å². The first-order chi connectivity index (χ1) is 15.3. The number of nitrogens with one attached hydrogen (secondary N) is 2. The molecule has 0 aromatic heterocycles. The zero-order chi connectivity index (χ0) is 23.7. The minimum Gasteiger partial charge on any atom is -0.466 e. The molecule has 0 saturated heterocycles. The monoisotopic (exact) mass is 445 g/mol. The summed E-state index contributed by atoms with van der Waals surface area (Å²) in [6.45, 7) is 7.39. The smallest absolute Gasteiger partial charge is 0.336 e. The molecule has 2 rings (SSSR count). The van der Waals surface area contributed by atoms with Crippen molar-refractivity contribution in [3.63, 3.8) is 0 Å². The lowest BCUT2D eigenvalue weighted by Gasteiger charge is -2.30. The summed E-state index contributed by atoms with van der Waals surface area (Å²) in [5, 5.41) is 17.6. The highest BCUT2D eigenvalue weighted by atomic mass is 16.6. The summed E-state index contributed by atoms with van der Waals surface area (Å²) < 4.78 is 10.4. The van der Waals surface area contributed by atoms with Crippen LogP contribution in [0.4, 0.5) is 5.69 Å². The van der Waals surface area contributed by atoms with E-state index in [4.69, 9.17) is 9.47 Å². The Bertz CT molecular complexity index is 922. The Balaban J connectivity index is 2.31. The van der Waals surface area contributed by atoms with E-state index in [2.05, 4.69) is 17.6 Å². The number of methoxy groups -OCH3 is 1. The molecule has 1 atom stereocenters. The van der Waals surface area contributed by atoms with Crippen molar-refractivity contribution >= 4 is 17.6 Å². The van der Waals surface area contributed by atoms with Gasteiger partial charge < -0.3 is 20.1 Å². The second-order valence-corrected chi connectivity index (χ2v) is 7.57. The lowest BCUT2D eigenvalue weighted by molar-refractivity contribution is -0.384. The fourth-order valence-corrected chi connectivity index (χ4v) is 3.66. The van der Waals surface area contributed by atoms with Gasteiger partial charge in [0.2, 0.25) is 0 Å². The number of ether oxygens (including phenoxy) is 2. The van der Waals surface area contributed by atoms with Crippen LogP contribution in [0.3, 0.4) is 0 Å². The van der Waals surface area contributed by atoms with E-state index in [0.29, 0.717) is 23.4 Å². The largest absolute Gasteiger partial charge is 0.466 e. The van der Waals surface area contributed by atoms with Crippen molar-refractivity contribution in [2.24, 2.45) is 0 Å². The first-order valence-electron chi connectivity index (χ1n) is 10.7. The van der Waals surface area contributed by atoms with Crippen molar-refractivity contribution in [1.82, 2.24) is 10.6 Å². The maximum absolute atomic E-state index is 13.1. The van der Waals surface area contributed by atoms with Gasteiger partial charge in [0, 0.05) is 23.5 Å². The van der Waals surface area contributed by atoms with E-state index in [-0.39, 0.29) is 23.4 Å².